The van der Waals surface area contributed by atoms with Gasteiger partial charge in [0.1, 0.15) is 0 Å². The fourth-order valence-electron chi connectivity index (χ4n) is 2.21. The van der Waals surface area contributed by atoms with Gasteiger partial charge in [-0.15, -0.1) is 0 Å². The van der Waals surface area contributed by atoms with Gasteiger partial charge in [-0.1, -0.05) is 0 Å². The third-order valence-electron chi connectivity index (χ3n) is 3.42. The molecule has 7 nitrogen and oxygen atoms in total. The van der Waals surface area contributed by atoms with E-state index in [0.29, 0.717) is 11.4 Å². The van der Waals surface area contributed by atoms with E-state index in [9.17, 15) is 8.78 Å². The number of ether oxygens (including phenoxy) is 2. The summed E-state index contributed by atoms with van der Waals surface area (Å²) >= 11 is 5.91. The largest absolute Gasteiger partial charge is 0.494 e. The maximum atomic E-state index is 13.8. The average Bonchev–Trinajstić information content (AvgIpc) is 2.61. The van der Waals surface area contributed by atoms with Crippen LogP contribution in [0, 0.1) is 11.6 Å². The van der Waals surface area contributed by atoms with E-state index in [2.05, 4.69) is 25.6 Å². The molecule has 0 amide bonds. The predicted molar refractivity (Wildman–Crippen MR) is 97.3 cm³/mol. The molecule has 0 fully saturated rings. The smallest absolute Gasteiger partial charge is 0.233 e. The highest BCUT2D eigenvalue weighted by atomic mass is 35.5. The van der Waals surface area contributed by atoms with E-state index in [0.717, 1.165) is 0 Å². The van der Waals surface area contributed by atoms with Crippen LogP contribution in [0.15, 0.2) is 36.4 Å². The molecule has 1 aromatic heterocycles. The van der Waals surface area contributed by atoms with Gasteiger partial charge in [0, 0.05) is 23.5 Å². The predicted octanol–water partition coefficient (Wildman–Crippen LogP) is 4.31. The molecular weight excluding hydrogens is 380 g/mol. The van der Waals surface area contributed by atoms with Crippen molar-refractivity contribution in [2.24, 2.45) is 0 Å². The molecule has 0 aliphatic heterocycles. The summed E-state index contributed by atoms with van der Waals surface area (Å²) < 4.78 is 37.3. The molecule has 0 aliphatic carbocycles. The van der Waals surface area contributed by atoms with Gasteiger partial charge >= 0.3 is 0 Å². The molecule has 0 bridgehead atoms. The number of aromatic nitrogens is 3. The summed E-state index contributed by atoms with van der Waals surface area (Å²) in [6.45, 7) is 0. The lowest BCUT2D eigenvalue weighted by molar-refractivity contribution is 0.386. The van der Waals surface area contributed by atoms with E-state index >= 15 is 0 Å². The van der Waals surface area contributed by atoms with Crippen molar-refractivity contribution in [3.05, 3.63) is 53.3 Å². The summed E-state index contributed by atoms with van der Waals surface area (Å²) in [5, 5.41) is 5.53. The van der Waals surface area contributed by atoms with Crippen LogP contribution in [0.25, 0.3) is 0 Å². The number of nitrogens with zero attached hydrogens (tertiary/aromatic N) is 3. The molecule has 10 heteroatoms. The zero-order valence-electron chi connectivity index (χ0n) is 14.3. The number of halogens is 3. The van der Waals surface area contributed by atoms with Gasteiger partial charge in [0.15, 0.2) is 23.1 Å². The van der Waals surface area contributed by atoms with Gasteiger partial charge < -0.3 is 20.1 Å². The van der Waals surface area contributed by atoms with Crippen molar-refractivity contribution in [2.45, 2.75) is 0 Å². The Kier molecular flexibility index (Phi) is 5.51. The topological polar surface area (TPSA) is 81.2 Å². The lowest BCUT2D eigenvalue weighted by Gasteiger charge is -2.10. The lowest BCUT2D eigenvalue weighted by atomic mass is 10.3. The van der Waals surface area contributed by atoms with Gasteiger partial charge in [0.05, 0.1) is 14.2 Å². The van der Waals surface area contributed by atoms with E-state index in [1.165, 1.54) is 38.5 Å². The second-order valence-corrected chi connectivity index (χ2v) is 5.54. The van der Waals surface area contributed by atoms with Crippen molar-refractivity contribution in [1.82, 2.24) is 15.0 Å². The first kappa shape index (κ1) is 18.6. The van der Waals surface area contributed by atoms with Gasteiger partial charge in [0.25, 0.3) is 0 Å². The zero-order chi connectivity index (χ0) is 19.4. The standard InChI is InChI=1S/C17H14ClF2N5O2/c1-26-13-5-3-9(7-11(13)19)21-16-23-15(18)24-17(25-16)22-10-4-6-14(27-2)12(20)8-10/h3-8H,1-2H3,(H2,21,22,23,24,25). The molecule has 0 radical (unpaired) electrons. The first-order valence-electron chi connectivity index (χ1n) is 7.61. The molecule has 0 saturated heterocycles. The van der Waals surface area contributed by atoms with Crippen LogP contribution in [0.5, 0.6) is 11.5 Å². The van der Waals surface area contributed by atoms with Gasteiger partial charge in [0.2, 0.25) is 17.2 Å². The van der Waals surface area contributed by atoms with Gasteiger partial charge in [-0.25, -0.2) is 8.78 Å². The fraction of sp³-hybridized carbons (Fsp3) is 0.118. The molecule has 0 spiro atoms. The van der Waals surface area contributed by atoms with Crippen molar-refractivity contribution in [1.29, 1.82) is 0 Å². The van der Waals surface area contributed by atoms with E-state index < -0.39 is 11.6 Å². The van der Waals surface area contributed by atoms with Crippen molar-refractivity contribution in [3.63, 3.8) is 0 Å². The van der Waals surface area contributed by atoms with E-state index in [1.54, 1.807) is 12.1 Å². The van der Waals surface area contributed by atoms with Crippen LogP contribution < -0.4 is 20.1 Å². The molecule has 0 atom stereocenters. The third kappa shape index (κ3) is 4.50. The lowest BCUT2D eigenvalue weighted by Crippen LogP contribution is -2.04. The Morgan fingerprint density at radius 2 is 1.22 bits per heavy atom. The Morgan fingerprint density at radius 1 is 0.778 bits per heavy atom. The summed E-state index contributed by atoms with van der Waals surface area (Å²) in [5.74, 6) is -0.715. The van der Waals surface area contributed by atoms with Crippen LogP contribution >= 0.6 is 11.6 Å². The molecule has 2 N–H and O–H groups in total. The Labute approximate surface area is 158 Å². The number of methoxy groups -OCH3 is 2. The first-order chi connectivity index (χ1) is 13.0. The summed E-state index contributed by atoms with van der Waals surface area (Å²) in [6, 6.07) is 8.54. The van der Waals surface area contributed by atoms with Crippen LogP contribution in [0.1, 0.15) is 0 Å². The van der Waals surface area contributed by atoms with Crippen LogP contribution in [0.2, 0.25) is 5.28 Å². The number of hydrogen-bond acceptors (Lipinski definition) is 7. The van der Waals surface area contributed by atoms with Crippen molar-refractivity contribution >= 4 is 34.9 Å². The minimum Gasteiger partial charge on any atom is -0.494 e. The number of anilines is 4. The molecule has 0 saturated carbocycles. The van der Waals surface area contributed by atoms with Crippen molar-refractivity contribution in [3.8, 4) is 11.5 Å². The van der Waals surface area contributed by atoms with Crippen molar-refractivity contribution in [2.75, 3.05) is 24.9 Å². The fourth-order valence-corrected chi connectivity index (χ4v) is 2.37. The molecule has 0 unspecified atom stereocenters. The minimum atomic E-state index is -0.547. The second-order valence-electron chi connectivity index (χ2n) is 5.20. The SMILES string of the molecule is COc1ccc(Nc2nc(Cl)nc(Nc3ccc(OC)c(F)c3)n2)cc1F. The molecule has 2 aromatic carbocycles. The number of benzene rings is 2. The average molecular weight is 394 g/mol. The van der Waals surface area contributed by atoms with Gasteiger partial charge in [-0.05, 0) is 35.9 Å². The molecule has 3 aromatic rings. The third-order valence-corrected chi connectivity index (χ3v) is 3.59. The highest BCUT2D eigenvalue weighted by molar-refractivity contribution is 6.28. The number of rotatable bonds is 6. The summed E-state index contributed by atoms with van der Waals surface area (Å²) in [4.78, 5) is 12.0. The highest BCUT2D eigenvalue weighted by Gasteiger charge is 2.10. The molecule has 3 rings (SSSR count). The highest BCUT2D eigenvalue weighted by Crippen LogP contribution is 2.25. The molecule has 1 heterocycles. The quantitative estimate of drug-likeness (QED) is 0.645. The molecule has 27 heavy (non-hydrogen) atoms. The van der Waals surface area contributed by atoms with Crippen LogP contribution in [0.3, 0.4) is 0 Å². The molecule has 140 valence electrons. The van der Waals surface area contributed by atoms with Gasteiger partial charge in [-0.3, -0.25) is 0 Å². The van der Waals surface area contributed by atoms with E-state index in [4.69, 9.17) is 21.1 Å². The van der Waals surface area contributed by atoms with E-state index in [-0.39, 0.29) is 28.7 Å². The Hall–Kier alpha value is -3.20. The molecular formula is C17H14ClF2N5O2. The first-order valence-corrected chi connectivity index (χ1v) is 7.99. The summed E-state index contributed by atoms with van der Waals surface area (Å²) in [5.41, 5.74) is 0.772. The number of hydrogen-bond donors (Lipinski definition) is 2. The van der Waals surface area contributed by atoms with Gasteiger partial charge in [-0.2, -0.15) is 15.0 Å². The maximum Gasteiger partial charge on any atom is 0.233 e. The maximum absolute atomic E-state index is 13.8. The molecule has 0 aliphatic rings. The van der Waals surface area contributed by atoms with Crippen LogP contribution in [-0.4, -0.2) is 29.2 Å². The monoisotopic (exact) mass is 393 g/mol. The van der Waals surface area contributed by atoms with Crippen LogP contribution in [0.4, 0.5) is 32.1 Å². The second kappa shape index (κ2) is 8.00. The number of nitrogens with one attached hydrogen (secondary N) is 2. The Balaban J connectivity index is 1.82. The van der Waals surface area contributed by atoms with Crippen molar-refractivity contribution < 1.29 is 18.3 Å². The Bertz CT molecular complexity index is 900. The summed E-state index contributed by atoms with van der Waals surface area (Å²) in [7, 11) is 2.74. The normalized spacial score (nSPS) is 10.4. The minimum absolute atomic E-state index is 0.0797. The zero-order valence-corrected chi connectivity index (χ0v) is 15.0. The van der Waals surface area contributed by atoms with Crippen LogP contribution in [-0.2, 0) is 0 Å². The summed E-state index contributed by atoms with van der Waals surface area (Å²) in [6.07, 6.45) is 0. The van der Waals surface area contributed by atoms with E-state index in [1.807, 2.05) is 0 Å². The Morgan fingerprint density at radius 3 is 1.59 bits per heavy atom.